The normalized spacial score (nSPS) is 12.8. The standard InChI is InChI=1S/C10H12N2O3.2ClH/c1-15-10(14)6-4-9(13)12-8-2-3-11-5-7(6)8;;/h4,11H,2-3,5H2,1H3,(H,12,13);2*1H. The third kappa shape index (κ3) is 3.21. The number of pyridine rings is 1. The zero-order valence-electron chi connectivity index (χ0n) is 9.24. The van der Waals surface area contributed by atoms with Gasteiger partial charge < -0.3 is 15.0 Å². The Morgan fingerprint density at radius 2 is 2.12 bits per heavy atom. The topological polar surface area (TPSA) is 71.2 Å². The van der Waals surface area contributed by atoms with Gasteiger partial charge in [-0.2, -0.15) is 0 Å². The van der Waals surface area contributed by atoms with Crippen LogP contribution < -0.4 is 10.9 Å². The first-order valence-corrected chi connectivity index (χ1v) is 4.76. The summed E-state index contributed by atoms with van der Waals surface area (Å²) in [6, 6.07) is 1.29. The molecule has 0 fully saturated rings. The van der Waals surface area contributed by atoms with E-state index in [4.69, 9.17) is 0 Å². The highest BCUT2D eigenvalue weighted by Gasteiger charge is 2.19. The van der Waals surface area contributed by atoms with Crippen LogP contribution in [0.25, 0.3) is 0 Å². The maximum absolute atomic E-state index is 11.4. The number of aromatic nitrogens is 1. The van der Waals surface area contributed by atoms with Crippen LogP contribution in [-0.2, 0) is 17.7 Å². The largest absolute Gasteiger partial charge is 0.465 e. The van der Waals surface area contributed by atoms with E-state index in [9.17, 15) is 9.59 Å². The minimum Gasteiger partial charge on any atom is -0.465 e. The summed E-state index contributed by atoms with van der Waals surface area (Å²) >= 11 is 0. The first-order chi connectivity index (χ1) is 7.22. The van der Waals surface area contributed by atoms with Gasteiger partial charge in [-0.3, -0.25) is 4.79 Å². The zero-order chi connectivity index (χ0) is 10.8. The van der Waals surface area contributed by atoms with E-state index < -0.39 is 5.97 Å². The van der Waals surface area contributed by atoms with E-state index >= 15 is 0 Å². The molecule has 5 nitrogen and oxygen atoms in total. The smallest absolute Gasteiger partial charge is 0.338 e. The molecule has 0 saturated carbocycles. The molecule has 1 aromatic heterocycles. The van der Waals surface area contributed by atoms with Crippen LogP contribution in [0.2, 0.25) is 0 Å². The maximum Gasteiger partial charge on any atom is 0.338 e. The number of aromatic amines is 1. The van der Waals surface area contributed by atoms with E-state index in [2.05, 4.69) is 15.0 Å². The van der Waals surface area contributed by atoms with Crippen LogP contribution in [0.1, 0.15) is 21.6 Å². The lowest BCUT2D eigenvalue weighted by Gasteiger charge is -2.18. The first kappa shape index (κ1) is 16.0. The molecule has 0 aliphatic carbocycles. The van der Waals surface area contributed by atoms with E-state index in [0.717, 1.165) is 24.2 Å². The van der Waals surface area contributed by atoms with Crippen LogP contribution in [0.5, 0.6) is 0 Å². The van der Waals surface area contributed by atoms with Crippen molar-refractivity contribution in [3.63, 3.8) is 0 Å². The lowest BCUT2D eigenvalue weighted by molar-refractivity contribution is 0.0598. The molecular weight excluding hydrogens is 267 g/mol. The second-order valence-corrected chi connectivity index (χ2v) is 3.42. The fraction of sp³-hybridized carbons (Fsp3) is 0.400. The highest BCUT2D eigenvalue weighted by atomic mass is 35.5. The SMILES string of the molecule is COC(=O)c1cc(=O)[nH]c2c1CNCC2.Cl.Cl. The Balaban J connectivity index is 0.00000128. The summed E-state index contributed by atoms with van der Waals surface area (Å²) in [5.74, 6) is -0.457. The molecule has 0 aromatic carbocycles. The first-order valence-electron chi connectivity index (χ1n) is 4.76. The van der Waals surface area contributed by atoms with Crippen molar-refractivity contribution in [2.45, 2.75) is 13.0 Å². The highest BCUT2D eigenvalue weighted by molar-refractivity contribution is 5.91. The molecule has 0 bridgehead atoms. The van der Waals surface area contributed by atoms with Crippen LogP contribution in [0.15, 0.2) is 10.9 Å². The molecule has 2 N–H and O–H groups in total. The predicted octanol–water partition coefficient (Wildman–Crippen LogP) is 0.651. The van der Waals surface area contributed by atoms with Crippen molar-refractivity contribution in [1.29, 1.82) is 0 Å². The molecule has 1 aromatic rings. The lowest BCUT2D eigenvalue weighted by atomic mass is 10.0. The molecule has 0 saturated heterocycles. The quantitative estimate of drug-likeness (QED) is 0.741. The Hall–Kier alpha value is -1.04. The van der Waals surface area contributed by atoms with Gasteiger partial charge in [-0.15, -0.1) is 24.8 Å². The number of hydrogen-bond donors (Lipinski definition) is 2. The van der Waals surface area contributed by atoms with Gasteiger partial charge in [0.25, 0.3) is 0 Å². The number of H-pyrrole nitrogens is 1. The average Bonchev–Trinajstić information content (AvgIpc) is 2.26. The lowest BCUT2D eigenvalue weighted by Crippen LogP contribution is -2.29. The molecule has 0 radical (unpaired) electrons. The Morgan fingerprint density at radius 3 is 2.76 bits per heavy atom. The van der Waals surface area contributed by atoms with E-state index in [1.165, 1.54) is 13.2 Å². The number of nitrogens with one attached hydrogen (secondary N) is 2. The number of carbonyl (C=O) groups excluding carboxylic acids is 1. The number of halogens is 2. The van der Waals surface area contributed by atoms with Crippen molar-refractivity contribution in [2.75, 3.05) is 13.7 Å². The van der Waals surface area contributed by atoms with Crippen LogP contribution in [0.3, 0.4) is 0 Å². The Kier molecular flexibility index (Phi) is 6.23. The molecule has 2 heterocycles. The number of rotatable bonds is 1. The number of carbonyl (C=O) groups is 1. The van der Waals surface area contributed by atoms with Gasteiger partial charge in [-0.05, 0) is 0 Å². The van der Waals surface area contributed by atoms with Crippen molar-refractivity contribution >= 4 is 30.8 Å². The van der Waals surface area contributed by atoms with Gasteiger partial charge in [0.15, 0.2) is 0 Å². The Labute approximate surface area is 111 Å². The summed E-state index contributed by atoms with van der Waals surface area (Å²) < 4.78 is 4.64. The third-order valence-electron chi connectivity index (χ3n) is 2.50. The summed E-state index contributed by atoms with van der Waals surface area (Å²) in [7, 11) is 1.31. The molecule has 1 aliphatic rings. The molecule has 0 unspecified atom stereocenters. The van der Waals surface area contributed by atoms with Gasteiger partial charge in [0, 0.05) is 36.8 Å². The zero-order valence-corrected chi connectivity index (χ0v) is 10.9. The summed E-state index contributed by atoms with van der Waals surface area (Å²) in [5, 5.41) is 3.15. The van der Waals surface area contributed by atoms with Gasteiger partial charge in [0.05, 0.1) is 12.7 Å². The molecule has 1 aliphatic heterocycles. The van der Waals surface area contributed by atoms with Crippen LogP contribution in [0.4, 0.5) is 0 Å². The summed E-state index contributed by atoms with van der Waals surface area (Å²) in [5.41, 5.74) is 1.79. The van der Waals surface area contributed by atoms with Crippen molar-refractivity contribution in [3.05, 3.63) is 33.2 Å². The van der Waals surface area contributed by atoms with Crippen molar-refractivity contribution < 1.29 is 9.53 Å². The molecular formula is C10H14Cl2N2O3. The molecule has 0 amide bonds. The Morgan fingerprint density at radius 1 is 1.41 bits per heavy atom. The van der Waals surface area contributed by atoms with Crippen molar-refractivity contribution in [3.8, 4) is 0 Å². The van der Waals surface area contributed by atoms with E-state index in [-0.39, 0.29) is 30.4 Å². The molecule has 0 atom stereocenters. The summed E-state index contributed by atoms with van der Waals surface area (Å²) in [4.78, 5) is 25.5. The van der Waals surface area contributed by atoms with Crippen molar-refractivity contribution in [1.82, 2.24) is 10.3 Å². The molecule has 96 valence electrons. The van der Waals surface area contributed by atoms with Crippen LogP contribution in [0, 0.1) is 0 Å². The van der Waals surface area contributed by atoms with Crippen LogP contribution in [-0.4, -0.2) is 24.6 Å². The Bertz CT molecular complexity index is 459. The third-order valence-corrected chi connectivity index (χ3v) is 2.50. The highest BCUT2D eigenvalue weighted by Crippen LogP contribution is 2.15. The number of methoxy groups -OCH3 is 1. The number of esters is 1. The predicted molar refractivity (Wildman–Crippen MR) is 68.3 cm³/mol. The van der Waals surface area contributed by atoms with E-state index in [0.29, 0.717) is 12.1 Å². The van der Waals surface area contributed by atoms with E-state index in [1.807, 2.05) is 0 Å². The second kappa shape index (κ2) is 6.64. The minimum atomic E-state index is -0.457. The van der Waals surface area contributed by atoms with Gasteiger partial charge >= 0.3 is 5.97 Å². The molecule has 0 spiro atoms. The molecule has 17 heavy (non-hydrogen) atoms. The van der Waals surface area contributed by atoms with Gasteiger partial charge in [0.1, 0.15) is 0 Å². The number of ether oxygens (including phenoxy) is 1. The van der Waals surface area contributed by atoms with Gasteiger partial charge in [-0.1, -0.05) is 0 Å². The van der Waals surface area contributed by atoms with Gasteiger partial charge in [0.2, 0.25) is 5.56 Å². The summed E-state index contributed by atoms with van der Waals surface area (Å²) in [6.07, 6.45) is 0.732. The van der Waals surface area contributed by atoms with Crippen molar-refractivity contribution in [2.24, 2.45) is 0 Å². The monoisotopic (exact) mass is 280 g/mol. The average molecular weight is 281 g/mol. The number of fused-ring (bicyclic) bond motifs is 1. The fourth-order valence-electron chi connectivity index (χ4n) is 1.78. The summed E-state index contributed by atoms with van der Waals surface area (Å²) in [6.45, 7) is 1.41. The molecule has 2 rings (SSSR count). The second-order valence-electron chi connectivity index (χ2n) is 3.42. The van der Waals surface area contributed by atoms with E-state index in [1.54, 1.807) is 0 Å². The maximum atomic E-state index is 11.4. The van der Waals surface area contributed by atoms with Crippen LogP contribution >= 0.6 is 24.8 Å². The minimum absolute atomic E-state index is 0. The molecule has 7 heteroatoms. The fourth-order valence-corrected chi connectivity index (χ4v) is 1.78. The van der Waals surface area contributed by atoms with Gasteiger partial charge in [-0.25, -0.2) is 4.79 Å². The number of hydrogen-bond acceptors (Lipinski definition) is 4.